The molecule has 0 atom stereocenters. The third-order valence-corrected chi connectivity index (χ3v) is 2.26. The van der Waals surface area contributed by atoms with Gasteiger partial charge in [-0.15, -0.1) is 0 Å². The molecular weight excluding hydrogens is 194 g/mol. The lowest BCUT2D eigenvalue weighted by Gasteiger charge is -2.25. The lowest BCUT2D eigenvalue weighted by molar-refractivity contribution is -0.129. The molecule has 0 unspecified atom stereocenters. The lowest BCUT2D eigenvalue weighted by Crippen LogP contribution is -2.39. The van der Waals surface area contributed by atoms with Crippen LogP contribution in [0.25, 0.3) is 6.08 Å². The van der Waals surface area contributed by atoms with Crippen molar-refractivity contribution in [2.45, 2.75) is 0 Å². The first-order valence-electron chi connectivity index (χ1n) is 4.94. The SMILES string of the molecule is O=C(/C=C\c1ccco1)N1CCOCC1. The normalized spacial score (nSPS) is 17.2. The summed E-state index contributed by atoms with van der Waals surface area (Å²) in [5, 5.41) is 0. The number of rotatable bonds is 2. The molecule has 2 heterocycles. The molecule has 0 bridgehead atoms. The Morgan fingerprint density at radius 3 is 2.87 bits per heavy atom. The minimum atomic E-state index is 0.00898. The highest BCUT2D eigenvalue weighted by atomic mass is 16.5. The second-order valence-corrected chi connectivity index (χ2v) is 3.29. The van der Waals surface area contributed by atoms with Gasteiger partial charge in [-0.25, -0.2) is 0 Å². The molecule has 1 fully saturated rings. The zero-order valence-electron chi connectivity index (χ0n) is 8.39. The van der Waals surface area contributed by atoms with Gasteiger partial charge in [-0.2, -0.15) is 0 Å². The first-order chi connectivity index (χ1) is 7.36. The van der Waals surface area contributed by atoms with Crippen molar-refractivity contribution in [3.8, 4) is 0 Å². The van der Waals surface area contributed by atoms with Crippen LogP contribution in [0.5, 0.6) is 0 Å². The molecule has 0 N–H and O–H groups in total. The number of furan rings is 1. The maximum Gasteiger partial charge on any atom is 0.246 e. The van der Waals surface area contributed by atoms with Crippen LogP contribution in [0.4, 0.5) is 0 Å². The van der Waals surface area contributed by atoms with Crippen LogP contribution in [0.3, 0.4) is 0 Å². The first kappa shape index (κ1) is 9.98. The van der Waals surface area contributed by atoms with E-state index in [2.05, 4.69) is 0 Å². The molecule has 4 nitrogen and oxygen atoms in total. The maximum absolute atomic E-state index is 11.6. The van der Waals surface area contributed by atoms with Crippen LogP contribution >= 0.6 is 0 Å². The van der Waals surface area contributed by atoms with Crippen LogP contribution in [-0.4, -0.2) is 37.1 Å². The molecule has 1 aromatic heterocycles. The summed E-state index contributed by atoms with van der Waals surface area (Å²) in [6.45, 7) is 2.59. The number of amides is 1. The quantitative estimate of drug-likeness (QED) is 0.683. The molecule has 1 saturated heterocycles. The maximum atomic E-state index is 11.6. The van der Waals surface area contributed by atoms with E-state index in [1.165, 1.54) is 6.08 Å². The van der Waals surface area contributed by atoms with E-state index in [0.29, 0.717) is 32.1 Å². The average molecular weight is 207 g/mol. The van der Waals surface area contributed by atoms with Crippen LogP contribution in [0.15, 0.2) is 28.9 Å². The molecule has 15 heavy (non-hydrogen) atoms. The van der Waals surface area contributed by atoms with Crippen molar-refractivity contribution in [3.05, 3.63) is 30.2 Å². The van der Waals surface area contributed by atoms with E-state index < -0.39 is 0 Å². The Labute approximate surface area is 88.1 Å². The van der Waals surface area contributed by atoms with E-state index in [0.717, 1.165) is 0 Å². The fraction of sp³-hybridized carbons (Fsp3) is 0.364. The summed E-state index contributed by atoms with van der Waals surface area (Å²) in [6.07, 6.45) is 4.79. The molecule has 1 amide bonds. The van der Waals surface area contributed by atoms with E-state index >= 15 is 0 Å². The Kier molecular flexibility index (Phi) is 3.19. The van der Waals surface area contributed by atoms with Crippen LogP contribution in [0.2, 0.25) is 0 Å². The van der Waals surface area contributed by atoms with Gasteiger partial charge in [-0.3, -0.25) is 4.79 Å². The second kappa shape index (κ2) is 4.79. The fourth-order valence-electron chi connectivity index (χ4n) is 1.43. The van der Waals surface area contributed by atoms with Gasteiger partial charge in [0.05, 0.1) is 19.5 Å². The van der Waals surface area contributed by atoms with E-state index in [1.54, 1.807) is 23.3 Å². The summed E-state index contributed by atoms with van der Waals surface area (Å²) in [5.41, 5.74) is 0. The van der Waals surface area contributed by atoms with Crippen LogP contribution in [0, 0.1) is 0 Å². The zero-order valence-corrected chi connectivity index (χ0v) is 8.39. The monoisotopic (exact) mass is 207 g/mol. The van der Waals surface area contributed by atoms with Crippen molar-refractivity contribution < 1.29 is 13.9 Å². The topological polar surface area (TPSA) is 42.7 Å². The molecule has 0 radical (unpaired) electrons. The van der Waals surface area contributed by atoms with Gasteiger partial charge in [-0.05, 0) is 18.2 Å². The third kappa shape index (κ3) is 2.70. The van der Waals surface area contributed by atoms with Gasteiger partial charge in [0.2, 0.25) is 5.91 Å². The standard InChI is InChI=1S/C11H13NO3/c13-11(12-5-8-14-9-6-12)4-3-10-2-1-7-15-10/h1-4,7H,5-6,8-9H2/b4-3-. The molecule has 4 heteroatoms. The molecule has 0 saturated carbocycles. The fourth-order valence-corrected chi connectivity index (χ4v) is 1.43. The molecule has 0 aliphatic carbocycles. The van der Waals surface area contributed by atoms with Gasteiger partial charge in [0.1, 0.15) is 5.76 Å². The summed E-state index contributed by atoms with van der Waals surface area (Å²) in [7, 11) is 0. The molecule has 0 aromatic carbocycles. The van der Waals surface area contributed by atoms with Crippen LogP contribution in [-0.2, 0) is 9.53 Å². The molecule has 80 valence electrons. The number of nitrogens with zero attached hydrogens (tertiary/aromatic N) is 1. The predicted octanol–water partition coefficient (Wildman–Crippen LogP) is 1.15. The Balaban J connectivity index is 1.91. The number of morpholine rings is 1. The number of hydrogen-bond acceptors (Lipinski definition) is 3. The van der Waals surface area contributed by atoms with Gasteiger partial charge in [0.15, 0.2) is 0 Å². The van der Waals surface area contributed by atoms with E-state index in [9.17, 15) is 4.79 Å². The van der Waals surface area contributed by atoms with E-state index in [1.807, 2.05) is 6.07 Å². The number of ether oxygens (including phenoxy) is 1. The molecular formula is C11H13NO3. The van der Waals surface area contributed by atoms with Crippen LogP contribution < -0.4 is 0 Å². The van der Waals surface area contributed by atoms with Crippen molar-refractivity contribution in [2.24, 2.45) is 0 Å². The molecule has 1 aliphatic rings. The molecule has 1 aromatic rings. The van der Waals surface area contributed by atoms with Gasteiger partial charge in [0, 0.05) is 19.2 Å². The highest BCUT2D eigenvalue weighted by Crippen LogP contribution is 2.04. The highest BCUT2D eigenvalue weighted by Gasteiger charge is 2.13. The molecule has 1 aliphatic heterocycles. The Morgan fingerprint density at radius 2 is 2.20 bits per heavy atom. The predicted molar refractivity (Wildman–Crippen MR) is 55.1 cm³/mol. The average Bonchev–Trinajstić information content (AvgIpc) is 2.80. The number of hydrogen-bond donors (Lipinski definition) is 0. The van der Waals surface area contributed by atoms with Crippen molar-refractivity contribution in [1.82, 2.24) is 4.90 Å². The first-order valence-corrected chi connectivity index (χ1v) is 4.94. The summed E-state index contributed by atoms with van der Waals surface area (Å²) in [5.74, 6) is 0.700. The third-order valence-electron chi connectivity index (χ3n) is 2.26. The molecule has 2 rings (SSSR count). The highest BCUT2D eigenvalue weighted by molar-refractivity contribution is 5.91. The second-order valence-electron chi connectivity index (χ2n) is 3.29. The Bertz CT molecular complexity index is 337. The van der Waals surface area contributed by atoms with Gasteiger partial charge < -0.3 is 14.1 Å². The van der Waals surface area contributed by atoms with Crippen molar-refractivity contribution in [2.75, 3.05) is 26.3 Å². The Hall–Kier alpha value is -1.55. The van der Waals surface area contributed by atoms with Crippen molar-refractivity contribution in [3.63, 3.8) is 0 Å². The smallest absolute Gasteiger partial charge is 0.246 e. The number of carbonyl (C=O) groups is 1. The van der Waals surface area contributed by atoms with Crippen LogP contribution in [0.1, 0.15) is 5.76 Å². The summed E-state index contributed by atoms with van der Waals surface area (Å²) in [6, 6.07) is 3.60. The summed E-state index contributed by atoms with van der Waals surface area (Å²) in [4.78, 5) is 13.4. The van der Waals surface area contributed by atoms with Crippen molar-refractivity contribution in [1.29, 1.82) is 0 Å². The van der Waals surface area contributed by atoms with E-state index in [-0.39, 0.29) is 5.91 Å². The Morgan fingerprint density at radius 1 is 1.40 bits per heavy atom. The summed E-state index contributed by atoms with van der Waals surface area (Å²) >= 11 is 0. The summed E-state index contributed by atoms with van der Waals surface area (Å²) < 4.78 is 10.3. The van der Waals surface area contributed by atoms with Gasteiger partial charge in [-0.1, -0.05) is 0 Å². The molecule has 0 spiro atoms. The minimum absolute atomic E-state index is 0.00898. The van der Waals surface area contributed by atoms with Gasteiger partial charge >= 0.3 is 0 Å². The van der Waals surface area contributed by atoms with E-state index in [4.69, 9.17) is 9.15 Å². The minimum Gasteiger partial charge on any atom is -0.465 e. The van der Waals surface area contributed by atoms with Crippen molar-refractivity contribution >= 4 is 12.0 Å². The number of carbonyl (C=O) groups excluding carboxylic acids is 1. The largest absolute Gasteiger partial charge is 0.465 e. The zero-order chi connectivity index (χ0) is 10.5. The lowest BCUT2D eigenvalue weighted by atomic mass is 10.3. The van der Waals surface area contributed by atoms with Gasteiger partial charge in [0.25, 0.3) is 0 Å².